The molecule has 0 aromatic carbocycles. The first kappa shape index (κ1) is 21.7. The van der Waals surface area contributed by atoms with Gasteiger partial charge in [0, 0.05) is 23.7 Å². The fourth-order valence-electron chi connectivity index (χ4n) is 4.75. The van der Waals surface area contributed by atoms with Crippen molar-refractivity contribution in [2.24, 2.45) is 0 Å². The summed E-state index contributed by atoms with van der Waals surface area (Å²) in [7, 11) is 0. The highest BCUT2D eigenvalue weighted by molar-refractivity contribution is 5.83. The van der Waals surface area contributed by atoms with Crippen LogP contribution < -0.4 is 10.6 Å². The lowest BCUT2D eigenvalue weighted by Crippen LogP contribution is -2.42. The molecule has 2 aliphatic heterocycles. The van der Waals surface area contributed by atoms with Crippen LogP contribution in [0.2, 0.25) is 0 Å². The van der Waals surface area contributed by atoms with Gasteiger partial charge in [0.2, 0.25) is 5.60 Å². The number of furan rings is 1. The number of nitrogens with two attached hydrogens (primary N) is 1. The summed E-state index contributed by atoms with van der Waals surface area (Å²) < 4.78 is 52.1. The van der Waals surface area contributed by atoms with Crippen LogP contribution in [0.1, 0.15) is 50.8 Å². The van der Waals surface area contributed by atoms with Crippen LogP contribution in [0.15, 0.2) is 33.5 Å². The molecule has 1 unspecified atom stereocenters. The van der Waals surface area contributed by atoms with E-state index in [1.54, 1.807) is 24.7 Å². The Balaban J connectivity index is 1.68. The molecule has 3 aromatic heterocycles. The van der Waals surface area contributed by atoms with Crippen LogP contribution in [-0.2, 0) is 5.60 Å². The predicted molar refractivity (Wildman–Crippen MR) is 113 cm³/mol. The lowest BCUT2D eigenvalue weighted by Gasteiger charge is -2.29. The zero-order chi connectivity index (χ0) is 23.2. The maximum Gasteiger partial charge on any atom is 0.426 e. The van der Waals surface area contributed by atoms with Gasteiger partial charge in [-0.1, -0.05) is 12.8 Å². The Kier molecular flexibility index (Phi) is 5.31. The molecule has 2 aliphatic rings. The number of aromatic nitrogens is 3. The molecule has 3 aromatic rings. The van der Waals surface area contributed by atoms with Gasteiger partial charge in [0.25, 0.3) is 11.8 Å². The van der Waals surface area contributed by atoms with E-state index in [9.17, 15) is 18.3 Å². The Hall–Kier alpha value is -3.08. The largest absolute Gasteiger partial charge is 0.472 e. The molecule has 33 heavy (non-hydrogen) atoms. The number of hydrogen-bond donors (Lipinski definition) is 2. The van der Waals surface area contributed by atoms with E-state index in [0.29, 0.717) is 12.2 Å². The average Bonchev–Trinajstić information content (AvgIpc) is 3.53. The minimum absolute atomic E-state index is 0.0863. The van der Waals surface area contributed by atoms with Crippen molar-refractivity contribution in [2.45, 2.75) is 62.8 Å². The van der Waals surface area contributed by atoms with Crippen molar-refractivity contribution in [3.8, 4) is 22.7 Å². The number of nitrogens with zero attached hydrogens (tertiary/aromatic N) is 4. The van der Waals surface area contributed by atoms with Gasteiger partial charge in [-0.3, -0.25) is 0 Å². The summed E-state index contributed by atoms with van der Waals surface area (Å²) in [6, 6.07) is 3.70. The van der Waals surface area contributed by atoms with E-state index < -0.39 is 24.1 Å². The highest BCUT2D eigenvalue weighted by Gasteiger charge is 2.58. The maximum absolute atomic E-state index is 13.8. The van der Waals surface area contributed by atoms with Crippen LogP contribution in [0.3, 0.4) is 0 Å². The summed E-state index contributed by atoms with van der Waals surface area (Å²) in [5.74, 6) is -0.522. The lowest BCUT2D eigenvalue weighted by atomic mass is 9.94. The third-order valence-corrected chi connectivity index (χ3v) is 6.54. The minimum Gasteiger partial charge on any atom is -0.472 e. The van der Waals surface area contributed by atoms with E-state index in [0.717, 1.165) is 43.4 Å². The van der Waals surface area contributed by atoms with E-state index in [4.69, 9.17) is 19.6 Å². The van der Waals surface area contributed by atoms with Crippen LogP contribution >= 0.6 is 0 Å². The summed E-state index contributed by atoms with van der Waals surface area (Å²) in [5.41, 5.74) is 4.83. The van der Waals surface area contributed by atoms with Gasteiger partial charge in [-0.25, -0.2) is 4.98 Å². The summed E-state index contributed by atoms with van der Waals surface area (Å²) in [6.45, 7) is 0.800. The molecule has 5 heterocycles. The molecule has 5 rings (SSSR count). The highest BCUT2D eigenvalue weighted by Crippen LogP contribution is 2.44. The Morgan fingerprint density at radius 1 is 1.15 bits per heavy atom. The quantitative estimate of drug-likeness (QED) is 0.536. The monoisotopic (exact) mass is 463 g/mol. The second kappa shape index (κ2) is 8.05. The Labute approximate surface area is 187 Å². The smallest absolute Gasteiger partial charge is 0.426 e. The van der Waals surface area contributed by atoms with Crippen molar-refractivity contribution >= 4 is 11.5 Å². The van der Waals surface area contributed by atoms with Gasteiger partial charge >= 0.3 is 6.18 Å². The fourth-order valence-corrected chi connectivity index (χ4v) is 4.75. The molecule has 0 saturated carbocycles. The van der Waals surface area contributed by atoms with Crippen LogP contribution in [-0.4, -0.2) is 39.1 Å². The summed E-state index contributed by atoms with van der Waals surface area (Å²) in [4.78, 5) is 6.94. The number of alkyl halides is 3. The fraction of sp³-hybridized carbons (Fsp3) is 0.500. The number of fused-ring (bicyclic) bond motifs is 7. The Morgan fingerprint density at radius 2 is 1.97 bits per heavy atom. The van der Waals surface area contributed by atoms with E-state index in [1.807, 2.05) is 0 Å². The first-order chi connectivity index (χ1) is 15.8. The molecule has 4 bridgehead atoms. The number of halogens is 3. The molecule has 1 fully saturated rings. The number of nitrogen functional groups attached to an aromatic ring is 1. The molecule has 1 saturated heterocycles. The van der Waals surface area contributed by atoms with Gasteiger partial charge in [0.1, 0.15) is 5.82 Å². The van der Waals surface area contributed by atoms with Crippen molar-refractivity contribution < 1.29 is 27.1 Å². The first-order valence-corrected chi connectivity index (χ1v) is 11.0. The molecule has 11 heteroatoms. The van der Waals surface area contributed by atoms with Crippen LogP contribution in [0.5, 0.6) is 0 Å². The second-order valence-corrected chi connectivity index (χ2v) is 8.67. The van der Waals surface area contributed by atoms with E-state index in [1.165, 1.54) is 0 Å². The topological polar surface area (TPSA) is 114 Å². The van der Waals surface area contributed by atoms with Gasteiger partial charge < -0.3 is 24.6 Å². The van der Waals surface area contributed by atoms with E-state index >= 15 is 0 Å². The predicted octanol–water partition coefficient (Wildman–Crippen LogP) is 4.66. The highest BCUT2D eigenvalue weighted by atomic mass is 19.4. The van der Waals surface area contributed by atoms with Gasteiger partial charge in [-0.2, -0.15) is 13.2 Å². The maximum atomic E-state index is 13.8. The van der Waals surface area contributed by atoms with E-state index in [-0.39, 0.29) is 29.7 Å². The molecule has 176 valence electrons. The van der Waals surface area contributed by atoms with Crippen molar-refractivity contribution in [2.75, 3.05) is 17.2 Å². The summed E-state index contributed by atoms with van der Waals surface area (Å²) in [6.07, 6.45) is 1.83. The SMILES string of the molecule is Nc1cc(-c2ccoc2)c2nc1-c1nnc(o1)C(O)(C(F)(F)F)CCCCC[C@@H]1CCCN21. The first-order valence-electron chi connectivity index (χ1n) is 11.0. The lowest BCUT2D eigenvalue weighted by molar-refractivity contribution is -0.277. The van der Waals surface area contributed by atoms with Gasteiger partial charge in [0.15, 0.2) is 5.69 Å². The molecule has 8 nitrogen and oxygen atoms in total. The Bertz CT molecular complexity index is 1130. The number of rotatable bonds is 1. The molecule has 0 amide bonds. The van der Waals surface area contributed by atoms with Crippen LogP contribution in [0, 0.1) is 0 Å². The van der Waals surface area contributed by atoms with Crippen molar-refractivity contribution in [3.05, 3.63) is 30.5 Å². The molecule has 0 radical (unpaired) electrons. The third kappa shape index (κ3) is 3.73. The zero-order valence-corrected chi connectivity index (χ0v) is 17.8. The van der Waals surface area contributed by atoms with Crippen molar-refractivity contribution in [3.63, 3.8) is 0 Å². The van der Waals surface area contributed by atoms with Crippen molar-refractivity contribution in [1.29, 1.82) is 0 Å². The standard InChI is InChI=1S/C22H24F3N5O3/c23-22(24,25)21(31)8-3-1-2-5-14-6-4-9-30(14)18-15(13-7-10-32-12-13)11-16(26)17(27-18)19-28-29-20(21)33-19/h7,10-12,14,31H,1-6,8-9,26H2/t14-,21?/m1/s1. The normalized spacial score (nSPS) is 23.9. The second-order valence-electron chi connectivity index (χ2n) is 8.67. The molecule has 2 atom stereocenters. The molecule has 0 spiro atoms. The average molecular weight is 463 g/mol. The van der Waals surface area contributed by atoms with Gasteiger partial charge in [-0.05, 0) is 44.2 Å². The summed E-state index contributed by atoms with van der Waals surface area (Å²) in [5, 5.41) is 17.9. The van der Waals surface area contributed by atoms with Crippen LogP contribution in [0.25, 0.3) is 22.7 Å². The van der Waals surface area contributed by atoms with Gasteiger partial charge in [-0.15, -0.1) is 10.2 Å². The van der Waals surface area contributed by atoms with E-state index in [2.05, 4.69) is 15.1 Å². The molecular weight excluding hydrogens is 439 g/mol. The summed E-state index contributed by atoms with van der Waals surface area (Å²) >= 11 is 0. The number of aliphatic hydroxyl groups is 1. The number of pyridine rings is 1. The molecule has 0 aliphatic carbocycles. The number of anilines is 2. The Morgan fingerprint density at radius 3 is 2.73 bits per heavy atom. The molecular formula is C22H24F3N5O3. The third-order valence-electron chi connectivity index (χ3n) is 6.54. The minimum atomic E-state index is -4.97. The zero-order valence-electron chi connectivity index (χ0n) is 17.8. The molecule has 3 N–H and O–H groups in total. The van der Waals surface area contributed by atoms with Crippen molar-refractivity contribution in [1.82, 2.24) is 15.2 Å². The number of hydrogen-bond acceptors (Lipinski definition) is 8. The van der Waals surface area contributed by atoms with Gasteiger partial charge in [0.05, 0.1) is 18.2 Å². The van der Waals surface area contributed by atoms with Crippen LogP contribution in [0.4, 0.5) is 24.7 Å².